The first-order valence-electron chi connectivity index (χ1n) is 6.95. The quantitative estimate of drug-likeness (QED) is 0.553. The van der Waals surface area contributed by atoms with Crippen LogP contribution < -0.4 is 0 Å². The van der Waals surface area contributed by atoms with Gasteiger partial charge in [-0.2, -0.15) is 0 Å². The molecule has 0 heterocycles. The minimum absolute atomic E-state index is 0.218. The molecule has 0 aliphatic rings. The van der Waals surface area contributed by atoms with Crippen LogP contribution in [0.15, 0.2) is 12.2 Å². The lowest BCUT2D eigenvalue weighted by molar-refractivity contribution is -0.153. The van der Waals surface area contributed by atoms with Gasteiger partial charge in [-0.05, 0) is 41.5 Å². The summed E-state index contributed by atoms with van der Waals surface area (Å²) in [6, 6.07) is 0. The lowest BCUT2D eigenvalue weighted by Crippen LogP contribution is -2.24. The summed E-state index contributed by atoms with van der Waals surface area (Å²) in [4.78, 5) is 23.1. The molecule has 0 bridgehead atoms. The fourth-order valence-corrected chi connectivity index (χ4v) is 1.13. The maximum Gasteiger partial charge on any atom is 0.311 e. The van der Waals surface area contributed by atoms with Crippen LogP contribution >= 0.6 is 0 Å². The molecule has 0 aromatic carbocycles. The zero-order valence-electron chi connectivity index (χ0n) is 13.7. The first-order valence-corrected chi connectivity index (χ1v) is 6.95. The van der Waals surface area contributed by atoms with E-state index in [0.29, 0.717) is 26.1 Å². The number of carbonyl (C=O) groups excluding carboxylic acids is 2. The van der Waals surface area contributed by atoms with Crippen molar-refractivity contribution in [1.82, 2.24) is 0 Å². The summed E-state index contributed by atoms with van der Waals surface area (Å²) in [5, 5.41) is 0. The lowest BCUT2D eigenvalue weighted by Gasteiger charge is -2.18. The van der Waals surface area contributed by atoms with Crippen molar-refractivity contribution >= 4 is 11.9 Å². The molecule has 0 fully saturated rings. The highest BCUT2D eigenvalue weighted by atomic mass is 16.5. The fraction of sp³-hybridized carbons (Fsp3) is 0.750. The molecule has 0 saturated heterocycles. The first-order chi connectivity index (χ1) is 8.94. The summed E-state index contributed by atoms with van der Waals surface area (Å²) >= 11 is 0. The third kappa shape index (κ3) is 7.97. The Kier molecular flexibility index (Phi) is 6.97. The van der Waals surface area contributed by atoms with Crippen LogP contribution in [0.25, 0.3) is 0 Å². The topological polar surface area (TPSA) is 52.6 Å². The molecule has 0 saturated carbocycles. The zero-order valence-corrected chi connectivity index (χ0v) is 13.7. The lowest BCUT2D eigenvalue weighted by atomic mass is 9.97. The van der Waals surface area contributed by atoms with Gasteiger partial charge in [0.2, 0.25) is 0 Å². The first kappa shape index (κ1) is 18.7. The minimum atomic E-state index is -0.483. The third-order valence-corrected chi connectivity index (χ3v) is 2.60. The van der Waals surface area contributed by atoms with Gasteiger partial charge in [-0.3, -0.25) is 9.59 Å². The molecule has 4 nitrogen and oxygen atoms in total. The third-order valence-electron chi connectivity index (χ3n) is 2.60. The van der Waals surface area contributed by atoms with Gasteiger partial charge in [0.25, 0.3) is 0 Å². The number of carbonyl (C=O) groups is 2. The smallest absolute Gasteiger partial charge is 0.311 e. The second-order valence-corrected chi connectivity index (χ2v) is 7.02. The molecule has 0 atom stereocenters. The predicted octanol–water partition coefficient (Wildman–Crippen LogP) is 3.50. The van der Waals surface area contributed by atoms with E-state index < -0.39 is 10.8 Å². The van der Waals surface area contributed by atoms with Gasteiger partial charge in [-0.1, -0.05) is 12.2 Å². The van der Waals surface area contributed by atoms with Gasteiger partial charge in [-0.25, -0.2) is 0 Å². The van der Waals surface area contributed by atoms with Gasteiger partial charge in [0.1, 0.15) is 0 Å². The molecule has 4 heteroatoms. The van der Waals surface area contributed by atoms with Gasteiger partial charge < -0.3 is 9.47 Å². The Balaban J connectivity index is 3.82. The number of ether oxygens (including phenoxy) is 2. The summed E-state index contributed by atoms with van der Waals surface area (Å²) in [6.45, 7) is 15.4. The summed E-state index contributed by atoms with van der Waals surface area (Å²) in [6.07, 6.45) is 1.18. The maximum absolute atomic E-state index is 11.5. The van der Waals surface area contributed by atoms with Crippen LogP contribution in [0.5, 0.6) is 0 Å². The fourth-order valence-electron chi connectivity index (χ4n) is 1.13. The highest BCUT2D eigenvalue weighted by molar-refractivity contribution is 5.75. The predicted molar refractivity (Wildman–Crippen MR) is 79.2 cm³/mol. The number of hydrogen-bond acceptors (Lipinski definition) is 4. The molecule has 0 aliphatic carbocycles. The summed E-state index contributed by atoms with van der Waals surface area (Å²) in [7, 11) is 0. The van der Waals surface area contributed by atoms with Crippen LogP contribution in [-0.4, -0.2) is 25.2 Å². The van der Waals surface area contributed by atoms with Gasteiger partial charge in [-0.15, -0.1) is 0 Å². The Morgan fingerprint density at radius 3 is 1.35 bits per heavy atom. The largest absolute Gasteiger partial charge is 0.465 e. The number of hydrogen-bond donors (Lipinski definition) is 0. The number of rotatable bonds is 6. The van der Waals surface area contributed by atoms with Crippen molar-refractivity contribution in [2.45, 2.75) is 54.4 Å². The second-order valence-electron chi connectivity index (χ2n) is 7.02. The average molecular weight is 284 g/mol. The van der Waals surface area contributed by atoms with E-state index in [0.717, 1.165) is 5.57 Å². The van der Waals surface area contributed by atoms with Crippen LogP contribution in [0, 0.1) is 10.8 Å². The highest BCUT2D eigenvalue weighted by Gasteiger charge is 2.23. The van der Waals surface area contributed by atoms with E-state index in [9.17, 15) is 9.59 Å². The standard InChI is InChI=1S/C16H28O4/c1-12(8-10-19-13(17)15(2,3)4)9-11-20-14(18)16(5,6)7/h1,8-11H2,2-7H3. The molecule has 0 amide bonds. The molecule has 0 aromatic heterocycles. The summed E-state index contributed by atoms with van der Waals surface area (Å²) < 4.78 is 10.3. The van der Waals surface area contributed by atoms with Gasteiger partial charge in [0.15, 0.2) is 0 Å². The van der Waals surface area contributed by atoms with Crippen molar-refractivity contribution in [2.24, 2.45) is 10.8 Å². The van der Waals surface area contributed by atoms with Gasteiger partial charge in [0, 0.05) is 12.8 Å². The molecule has 116 valence electrons. The number of esters is 2. The molecule has 0 aromatic rings. The summed E-state index contributed by atoms with van der Waals surface area (Å²) in [5.74, 6) is -0.436. The van der Waals surface area contributed by atoms with Crippen LogP contribution in [-0.2, 0) is 19.1 Å². The van der Waals surface area contributed by atoms with E-state index >= 15 is 0 Å². The molecule has 0 rings (SSSR count). The Morgan fingerprint density at radius 1 is 0.800 bits per heavy atom. The molecule has 0 aliphatic heterocycles. The molecule has 20 heavy (non-hydrogen) atoms. The van der Waals surface area contributed by atoms with E-state index in [4.69, 9.17) is 9.47 Å². The SMILES string of the molecule is C=C(CCOC(=O)C(C)(C)C)CCOC(=O)C(C)(C)C. The van der Waals surface area contributed by atoms with E-state index in [1.54, 1.807) is 0 Å². The molecular formula is C16H28O4. The van der Waals surface area contributed by atoms with Crippen LogP contribution in [0.4, 0.5) is 0 Å². The van der Waals surface area contributed by atoms with Crippen molar-refractivity contribution < 1.29 is 19.1 Å². The Bertz CT molecular complexity index is 322. The van der Waals surface area contributed by atoms with E-state index in [2.05, 4.69) is 6.58 Å². The van der Waals surface area contributed by atoms with E-state index in [1.165, 1.54) is 0 Å². The van der Waals surface area contributed by atoms with Crippen molar-refractivity contribution in [3.05, 3.63) is 12.2 Å². The Labute approximate surface area is 122 Å². The molecular weight excluding hydrogens is 256 g/mol. The van der Waals surface area contributed by atoms with Crippen molar-refractivity contribution in [3.8, 4) is 0 Å². The molecule has 0 N–H and O–H groups in total. The van der Waals surface area contributed by atoms with E-state index in [-0.39, 0.29) is 11.9 Å². The van der Waals surface area contributed by atoms with Crippen LogP contribution in [0.3, 0.4) is 0 Å². The van der Waals surface area contributed by atoms with Gasteiger partial charge in [0.05, 0.1) is 24.0 Å². The zero-order chi connectivity index (χ0) is 16.0. The summed E-state index contributed by atoms with van der Waals surface area (Å²) in [5.41, 5.74) is -0.0546. The van der Waals surface area contributed by atoms with Crippen LogP contribution in [0.2, 0.25) is 0 Å². The van der Waals surface area contributed by atoms with Crippen molar-refractivity contribution in [3.63, 3.8) is 0 Å². The second kappa shape index (κ2) is 7.46. The minimum Gasteiger partial charge on any atom is -0.465 e. The molecule has 0 unspecified atom stereocenters. The Hall–Kier alpha value is -1.32. The Morgan fingerprint density at radius 2 is 1.10 bits per heavy atom. The molecule has 0 radical (unpaired) electrons. The van der Waals surface area contributed by atoms with Crippen molar-refractivity contribution in [2.75, 3.05) is 13.2 Å². The van der Waals surface area contributed by atoms with Gasteiger partial charge >= 0.3 is 11.9 Å². The highest BCUT2D eigenvalue weighted by Crippen LogP contribution is 2.17. The monoisotopic (exact) mass is 284 g/mol. The normalized spacial score (nSPS) is 11.9. The van der Waals surface area contributed by atoms with Crippen molar-refractivity contribution in [1.29, 1.82) is 0 Å². The van der Waals surface area contributed by atoms with Crippen LogP contribution in [0.1, 0.15) is 54.4 Å². The average Bonchev–Trinajstić information content (AvgIpc) is 2.26. The maximum atomic E-state index is 11.5. The molecule has 0 spiro atoms. The van der Waals surface area contributed by atoms with E-state index in [1.807, 2.05) is 41.5 Å².